The number of carbonyl (C=O) groups is 1. The first-order valence-electron chi connectivity index (χ1n) is 4.48. The predicted molar refractivity (Wildman–Crippen MR) is 61.7 cm³/mol. The van der Waals surface area contributed by atoms with Gasteiger partial charge in [0.2, 0.25) is 0 Å². The zero-order valence-corrected chi connectivity index (χ0v) is 9.19. The molecule has 0 spiro atoms. The monoisotopic (exact) mass is 216 g/mol. The summed E-state index contributed by atoms with van der Waals surface area (Å²) in [7, 11) is 0.580. The molecule has 4 heteroatoms. The van der Waals surface area contributed by atoms with E-state index in [0.29, 0.717) is 19.9 Å². The first-order chi connectivity index (χ1) is 7.30. The van der Waals surface area contributed by atoms with Gasteiger partial charge in [-0.25, -0.2) is 0 Å². The van der Waals surface area contributed by atoms with E-state index in [1.54, 1.807) is 12.1 Å². The molecule has 0 aliphatic heterocycles. The van der Waals surface area contributed by atoms with E-state index in [1.165, 1.54) is 0 Å². The third-order valence-corrected chi connectivity index (χ3v) is 3.18. The molecule has 0 bridgehead atoms. The molecule has 0 aliphatic carbocycles. The minimum absolute atomic E-state index is 0.580. The van der Waals surface area contributed by atoms with Gasteiger partial charge in [0, 0.05) is 17.1 Å². The molecule has 0 aliphatic rings. The van der Waals surface area contributed by atoms with Gasteiger partial charge in [-0.1, -0.05) is 0 Å². The van der Waals surface area contributed by atoms with Gasteiger partial charge in [0.05, 0.1) is 17.1 Å². The Bertz CT molecular complexity index is 566. The number of carbonyl (C=O) groups excluding carboxylic acids is 1. The second-order valence-corrected chi connectivity index (χ2v) is 4.07. The summed E-state index contributed by atoms with van der Waals surface area (Å²) >= 11 is 0. The van der Waals surface area contributed by atoms with E-state index in [1.807, 2.05) is 23.3 Å². The fourth-order valence-corrected chi connectivity index (χ4v) is 2.31. The van der Waals surface area contributed by atoms with E-state index in [2.05, 4.69) is 6.07 Å². The van der Waals surface area contributed by atoms with Crippen LogP contribution < -0.4 is 0 Å². The third kappa shape index (κ3) is 1.54. The van der Waals surface area contributed by atoms with Crippen molar-refractivity contribution in [2.75, 3.05) is 6.66 Å². The van der Waals surface area contributed by atoms with Crippen molar-refractivity contribution in [1.29, 1.82) is 5.26 Å². The van der Waals surface area contributed by atoms with Gasteiger partial charge in [-0.2, -0.15) is 5.26 Å². The minimum Gasteiger partial charge on any atom is -0.328 e. The topological polar surface area (TPSA) is 45.8 Å². The molecule has 0 saturated carbocycles. The summed E-state index contributed by atoms with van der Waals surface area (Å²) < 4.78 is 2.03. The van der Waals surface area contributed by atoms with Gasteiger partial charge in [0.1, 0.15) is 0 Å². The van der Waals surface area contributed by atoms with Crippen molar-refractivity contribution in [2.24, 2.45) is 0 Å². The Morgan fingerprint density at radius 2 is 2.33 bits per heavy atom. The van der Waals surface area contributed by atoms with Crippen LogP contribution in [0.4, 0.5) is 0 Å². The highest BCUT2D eigenvalue weighted by atomic mass is 31.1. The zero-order valence-electron chi connectivity index (χ0n) is 8.19. The molecule has 0 amide bonds. The van der Waals surface area contributed by atoms with Crippen molar-refractivity contribution in [3.63, 3.8) is 0 Å². The molecule has 1 aromatic heterocycles. The van der Waals surface area contributed by atoms with Crippen LogP contribution in [0.5, 0.6) is 0 Å². The van der Waals surface area contributed by atoms with Crippen LogP contribution in [0.15, 0.2) is 24.4 Å². The molecule has 0 saturated heterocycles. The first-order valence-corrected chi connectivity index (χ1v) is 5.93. The first kappa shape index (κ1) is 9.89. The minimum atomic E-state index is 0.580. The number of benzene rings is 1. The van der Waals surface area contributed by atoms with E-state index in [4.69, 9.17) is 5.26 Å². The number of fused-ring (bicyclic) bond motifs is 1. The van der Waals surface area contributed by atoms with Crippen LogP contribution in [0, 0.1) is 11.3 Å². The van der Waals surface area contributed by atoms with Crippen LogP contribution in [-0.4, -0.2) is 17.3 Å². The van der Waals surface area contributed by atoms with Crippen LogP contribution in [0.1, 0.15) is 15.9 Å². The average Bonchev–Trinajstić information content (AvgIpc) is 2.65. The molecule has 1 heterocycles. The summed E-state index contributed by atoms with van der Waals surface area (Å²) in [4.78, 5) is 10.9. The van der Waals surface area contributed by atoms with E-state index in [9.17, 15) is 4.79 Å². The lowest BCUT2D eigenvalue weighted by atomic mass is 10.1. The largest absolute Gasteiger partial charge is 0.328 e. The molecule has 3 nitrogen and oxygen atoms in total. The second kappa shape index (κ2) is 3.84. The summed E-state index contributed by atoms with van der Waals surface area (Å²) in [6, 6.07) is 7.49. The average molecular weight is 216 g/mol. The maximum Gasteiger partial charge on any atom is 0.152 e. The summed E-state index contributed by atoms with van der Waals surface area (Å²) in [5.41, 5.74) is 2.25. The van der Waals surface area contributed by atoms with Crippen LogP contribution >= 0.6 is 8.73 Å². The number of nitriles is 1. The number of aromatic nitrogens is 1. The number of rotatable bonds is 2. The molecule has 1 unspecified atom stereocenters. The highest BCUT2D eigenvalue weighted by molar-refractivity contribution is 7.35. The Morgan fingerprint density at radius 3 is 2.93 bits per heavy atom. The summed E-state index contributed by atoms with van der Waals surface area (Å²) in [6.45, 7) is 2.05. The Labute approximate surface area is 89.2 Å². The maximum atomic E-state index is 10.9. The van der Waals surface area contributed by atoms with Gasteiger partial charge in [-0.15, -0.1) is 0 Å². The fourth-order valence-electron chi connectivity index (χ4n) is 1.60. The highest BCUT2D eigenvalue weighted by Gasteiger charge is 2.07. The third-order valence-electron chi connectivity index (χ3n) is 2.33. The van der Waals surface area contributed by atoms with Crippen molar-refractivity contribution in [3.8, 4) is 6.07 Å². The molecule has 15 heavy (non-hydrogen) atoms. The zero-order chi connectivity index (χ0) is 10.8. The Morgan fingerprint density at radius 1 is 1.53 bits per heavy atom. The van der Waals surface area contributed by atoms with Crippen LogP contribution in [0.3, 0.4) is 0 Å². The highest BCUT2D eigenvalue weighted by Crippen LogP contribution is 2.26. The molecule has 2 rings (SSSR count). The lowest BCUT2D eigenvalue weighted by molar-refractivity contribution is 0.112. The van der Waals surface area contributed by atoms with Gasteiger partial charge in [0.15, 0.2) is 6.29 Å². The molecule has 0 N–H and O–H groups in total. The SMILES string of the molecule is CPn1cc(C=O)c2cc(C#N)ccc21. The van der Waals surface area contributed by atoms with Crippen molar-refractivity contribution in [3.05, 3.63) is 35.5 Å². The van der Waals surface area contributed by atoms with E-state index >= 15 is 0 Å². The van der Waals surface area contributed by atoms with Gasteiger partial charge < -0.3 is 4.34 Å². The summed E-state index contributed by atoms with van der Waals surface area (Å²) in [5.74, 6) is 0. The fraction of sp³-hybridized carbons (Fsp3) is 0.0909. The van der Waals surface area contributed by atoms with Crippen molar-refractivity contribution in [2.45, 2.75) is 0 Å². The molecule has 1 aromatic carbocycles. The molecule has 74 valence electrons. The number of aldehydes is 1. The number of hydrogen-bond donors (Lipinski definition) is 0. The second-order valence-electron chi connectivity index (χ2n) is 3.14. The Balaban J connectivity index is 2.81. The van der Waals surface area contributed by atoms with Gasteiger partial charge in [-0.3, -0.25) is 4.79 Å². The molecular formula is C11H9N2OP. The summed E-state index contributed by atoms with van der Waals surface area (Å²) in [5, 5.41) is 9.64. The Kier molecular flexibility index (Phi) is 2.53. The lowest BCUT2D eigenvalue weighted by Crippen LogP contribution is -1.79. The molecule has 2 aromatic rings. The van der Waals surface area contributed by atoms with Crippen LogP contribution in [-0.2, 0) is 0 Å². The van der Waals surface area contributed by atoms with Gasteiger partial charge >= 0.3 is 0 Å². The molecule has 0 radical (unpaired) electrons. The summed E-state index contributed by atoms with van der Waals surface area (Å²) in [6.07, 6.45) is 2.66. The van der Waals surface area contributed by atoms with Crippen LogP contribution in [0.25, 0.3) is 10.9 Å². The predicted octanol–water partition coefficient (Wildman–Crippen LogP) is 2.40. The lowest BCUT2D eigenvalue weighted by Gasteiger charge is -1.99. The van der Waals surface area contributed by atoms with Crippen molar-refractivity contribution >= 4 is 25.9 Å². The van der Waals surface area contributed by atoms with Gasteiger partial charge in [-0.05, 0) is 33.6 Å². The number of hydrogen-bond acceptors (Lipinski definition) is 2. The quantitative estimate of drug-likeness (QED) is 0.571. The molecule has 1 atom stereocenters. The van der Waals surface area contributed by atoms with Gasteiger partial charge in [0.25, 0.3) is 0 Å². The van der Waals surface area contributed by atoms with Crippen LogP contribution in [0.2, 0.25) is 0 Å². The smallest absolute Gasteiger partial charge is 0.152 e. The van der Waals surface area contributed by atoms with E-state index in [-0.39, 0.29) is 0 Å². The standard InChI is InChI=1S/C11H9N2OP/c1-15-13-6-9(7-14)10-4-8(5-12)2-3-11(10)13/h2-4,6-7,15H,1H3. The molecular weight excluding hydrogens is 207 g/mol. The van der Waals surface area contributed by atoms with E-state index < -0.39 is 0 Å². The maximum absolute atomic E-state index is 10.9. The normalized spacial score (nSPS) is 10.9. The van der Waals surface area contributed by atoms with Crippen molar-refractivity contribution < 1.29 is 4.79 Å². The number of nitrogens with zero attached hydrogens (tertiary/aromatic N) is 2. The van der Waals surface area contributed by atoms with Crippen molar-refractivity contribution in [1.82, 2.24) is 4.34 Å². The van der Waals surface area contributed by atoms with E-state index in [0.717, 1.165) is 17.2 Å². The Hall–Kier alpha value is -1.65. The molecule has 0 fully saturated rings.